The van der Waals surface area contributed by atoms with E-state index in [2.05, 4.69) is 9.47 Å². The molecule has 0 aromatic heterocycles. The molecule has 0 spiro atoms. The SMILES string of the molecule is COC(=O)OC(C)C.N. The van der Waals surface area contributed by atoms with Gasteiger partial charge < -0.3 is 15.6 Å². The van der Waals surface area contributed by atoms with Crippen LogP contribution in [-0.4, -0.2) is 19.4 Å². The van der Waals surface area contributed by atoms with Crippen LogP contribution in [0.3, 0.4) is 0 Å². The molecule has 0 aliphatic rings. The van der Waals surface area contributed by atoms with Gasteiger partial charge in [-0.1, -0.05) is 0 Å². The van der Waals surface area contributed by atoms with Gasteiger partial charge in [0.15, 0.2) is 0 Å². The van der Waals surface area contributed by atoms with Gasteiger partial charge in [-0.05, 0) is 13.8 Å². The highest BCUT2D eigenvalue weighted by molar-refractivity contribution is 5.59. The van der Waals surface area contributed by atoms with Crippen LogP contribution < -0.4 is 6.15 Å². The maximum Gasteiger partial charge on any atom is 0.508 e. The van der Waals surface area contributed by atoms with Crippen molar-refractivity contribution in [1.82, 2.24) is 6.15 Å². The Morgan fingerprint density at radius 2 is 1.89 bits per heavy atom. The minimum atomic E-state index is -0.625. The van der Waals surface area contributed by atoms with E-state index in [0.717, 1.165) is 0 Å². The maximum atomic E-state index is 10.2. The molecule has 0 fully saturated rings. The third-order valence-electron chi connectivity index (χ3n) is 0.499. The summed E-state index contributed by atoms with van der Waals surface area (Å²) in [6, 6.07) is 0. The van der Waals surface area contributed by atoms with Crippen LogP contribution in [-0.2, 0) is 9.47 Å². The fourth-order valence-corrected chi connectivity index (χ4v) is 0.241. The zero-order valence-corrected chi connectivity index (χ0v) is 6.01. The quantitative estimate of drug-likeness (QED) is 0.551. The van der Waals surface area contributed by atoms with Gasteiger partial charge in [-0.2, -0.15) is 0 Å². The fraction of sp³-hybridized carbons (Fsp3) is 0.800. The number of ether oxygens (including phenoxy) is 2. The molecule has 0 radical (unpaired) electrons. The second-order valence-electron chi connectivity index (χ2n) is 1.62. The molecule has 3 N–H and O–H groups in total. The van der Waals surface area contributed by atoms with Crippen LogP contribution in [0.2, 0.25) is 0 Å². The first-order valence-electron chi connectivity index (χ1n) is 2.41. The van der Waals surface area contributed by atoms with E-state index in [1.54, 1.807) is 13.8 Å². The van der Waals surface area contributed by atoms with Gasteiger partial charge in [-0.25, -0.2) is 4.79 Å². The third-order valence-corrected chi connectivity index (χ3v) is 0.499. The zero-order valence-electron chi connectivity index (χ0n) is 6.01. The van der Waals surface area contributed by atoms with Crippen LogP contribution >= 0.6 is 0 Å². The van der Waals surface area contributed by atoms with Gasteiger partial charge in [-0.3, -0.25) is 0 Å². The highest BCUT2D eigenvalue weighted by Crippen LogP contribution is 1.89. The van der Waals surface area contributed by atoms with Crippen molar-refractivity contribution in [2.75, 3.05) is 7.11 Å². The summed E-state index contributed by atoms with van der Waals surface area (Å²) in [4.78, 5) is 10.2. The monoisotopic (exact) mass is 135 g/mol. The lowest BCUT2D eigenvalue weighted by Gasteiger charge is -2.03. The molecule has 0 aliphatic heterocycles. The minimum Gasteiger partial charge on any atom is -0.438 e. The van der Waals surface area contributed by atoms with E-state index in [9.17, 15) is 4.79 Å². The summed E-state index contributed by atoms with van der Waals surface area (Å²) in [7, 11) is 1.28. The van der Waals surface area contributed by atoms with Crippen LogP contribution in [0.4, 0.5) is 4.79 Å². The second kappa shape index (κ2) is 5.37. The summed E-state index contributed by atoms with van der Waals surface area (Å²) in [5, 5.41) is 0. The Morgan fingerprint density at radius 3 is 2.00 bits per heavy atom. The Labute approximate surface area is 54.7 Å². The Kier molecular flexibility index (Phi) is 6.61. The van der Waals surface area contributed by atoms with Gasteiger partial charge in [0.1, 0.15) is 0 Å². The van der Waals surface area contributed by atoms with E-state index in [1.807, 2.05) is 0 Å². The van der Waals surface area contributed by atoms with E-state index < -0.39 is 6.16 Å². The second-order valence-corrected chi connectivity index (χ2v) is 1.62. The van der Waals surface area contributed by atoms with Crippen molar-refractivity contribution >= 4 is 6.16 Å². The van der Waals surface area contributed by atoms with Crippen LogP contribution in [0, 0.1) is 0 Å². The van der Waals surface area contributed by atoms with E-state index in [1.165, 1.54) is 7.11 Å². The highest BCUT2D eigenvalue weighted by Gasteiger charge is 2.01. The smallest absolute Gasteiger partial charge is 0.438 e. The number of rotatable bonds is 1. The molecule has 0 rings (SSSR count). The van der Waals surface area contributed by atoms with Crippen LogP contribution in [0.5, 0.6) is 0 Å². The average molecular weight is 135 g/mol. The molecule has 0 aromatic rings. The summed E-state index contributed by atoms with van der Waals surface area (Å²) in [5.41, 5.74) is 0. The third kappa shape index (κ3) is 7.23. The molecule has 9 heavy (non-hydrogen) atoms. The topological polar surface area (TPSA) is 70.5 Å². The van der Waals surface area contributed by atoms with Gasteiger partial charge >= 0.3 is 6.16 Å². The first-order valence-corrected chi connectivity index (χ1v) is 2.41. The average Bonchev–Trinajstić information content (AvgIpc) is 1.65. The van der Waals surface area contributed by atoms with E-state index in [4.69, 9.17) is 0 Å². The zero-order chi connectivity index (χ0) is 6.57. The number of carbonyl (C=O) groups is 1. The summed E-state index contributed by atoms with van der Waals surface area (Å²) in [6.45, 7) is 3.52. The van der Waals surface area contributed by atoms with Crippen molar-refractivity contribution in [2.45, 2.75) is 20.0 Å². The van der Waals surface area contributed by atoms with E-state index >= 15 is 0 Å². The lowest BCUT2D eigenvalue weighted by molar-refractivity contribution is 0.0496. The lowest BCUT2D eigenvalue weighted by atomic mass is 10.5. The van der Waals surface area contributed by atoms with Gasteiger partial charge in [0.05, 0.1) is 13.2 Å². The Hall–Kier alpha value is -0.770. The van der Waals surface area contributed by atoms with Crippen molar-refractivity contribution < 1.29 is 14.3 Å². The predicted molar refractivity (Wildman–Crippen MR) is 33.6 cm³/mol. The first kappa shape index (κ1) is 11.1. The molecule has 0 aromatic carbocycles. The van der Waals surface area contributed by atoms with Gasteiger partial charge in [-0.15, -0.1) is 0 Å². The molecule has 4 heteroatoms. The number of hydrogen-bond donors (Lipinski definition) is 1. The molecule has 0 unspecified atom stereocenters. The molecule has 0 heterocycles. The molecule has 0 saturated heterocycles. The summed E-state index contributed by atoms with van der Waals surface area (Å²) < 4.78 is 8.74. The molecular weight excluding hydrogens is 122 g/mol. The van der Waals surface area contributed by atoms with Crippen molar-refractivity contribution in [1.29, 1.82) is 0 Å². The molecule has 0 saturated carbocycles. The summed E-state index contributed by atoms with van der Waals surface area (Å²) in [6.07, 6.45) is -0.720. The summed E-state index contributed by atoms with van der Waals surface area (Å²) in [5.74, 6) is 0. The normalized spacial score (nSPS) is 8.00. The van der Waals surface area contributed by atoms with Gasteiger partial charge in [0.2, 0.25) is 0 Å². The van der Waals surface area contributed by atoms with Crippen molar-refractivity contribution in [2.24, 2.45) is 0 Å². The Bertz CT molecular complexity index is 82.3. The maximum absolute atomic E-state index is 10.2. The van der Waals surface area contributed by atoms with Crippen molar-refractivity contribution in [3.05, 3.63) is 0 Å². The van der Waals surface area contributed by atoms with Gasteiger partial charge in [0, 0.05) is 0 Å². The Morgan fingerprint density at radius 1 is 1.44 bits per heavy atom. The summed E-state index contributed by atoms with van der Waals surface area (Å²) >= 11 is 0. The van der Waals surface area contributed by atoms with Crippen LogP contribution in [0.25, 0.3) is 0 Å². The van der Waals surface area contributed by atoms with Gasteiger partial charge in [0.25, 0.3) is 0 Å². The largest absolute Gasteiger partial charge is 0.508 e. The molecule has 4 nitrogen and oxygen atoms in total. The van der Waals surface area contributed by atoms with Crippen LogP contribution in [0.15, 0.2) is 0 Å². The highest BCUT2D eigenvalue weighted by atomic mass is 16.7. The van der Waals surface area contributed by atoms with Crippen molar-refractivity contribution in [3.63, 3.8) is 0 Å². The number of carbonyl (C=O) groups excluding carboxylic acids is 1. The first-order chi connectivity index (χ1) is 3.66. The molecule has 0 atom stereocenters. The Balaban J connectivity index is 0. The molecule has 0 amide bonds. The van der Waals surface area contributed by atoms with Crippen LogP contribution in [0.1, 0.15) is 13.8 Å². The number of methoxy groups -OCH3 is 1. The van der Waals surface area contributed by atoms with Crippen molar-refractivity contribution in [3.8, 4) is 0 Å². The molecular formula is C5H13NO3. The lowest BCUT2D eigenvalue weighted by Crippen LogP contribution is -2.10. The minimum absolute atomic E-state index is 0. The number of hydrogen-bond acceptors (Lipinski definition) is 4. The fourth-order valence-electron chi connectivity index (χ4n) is 0.241. The molecule has 0 bridgehead atoms. The van der Waals surface area contributed by atoms with E-state index in [0.29, 0.717) is 0 Å². The standard InChI is InChI=1S/C5H10O3.H3N/c1-4(2)8-5(6)7-3;/h4H,1-3H3;1H3. The molecule has 56 valence electrons. The van der Waals surface area contributed by atoms with E-state index in [-0.39, 0.29) is 12.3 Å². The predicted octanol–water partition coefficient (Wildman–Crippen LogP) is 1.34. The molecule has 0 aliphatic carbocycles.